The molecule has 3 aromatic rings. The number of halogens is 1. The van der Waals surface area contributed by atoms with Crippen molar-refractivity contribution in [3.63, 3.8) is 0 Å². The summed E-state index contributed by atoms with van der Waals surface area (Å²) in [6.07, 6.45) is 1.66. The SMILES string of the molecule is COc1cccc(/C=N/n2c(-c3ccccc3Br)n[nH]c2=S)c1OC. The molecule has 0 bridgehead atoms. The smallest absolute Gasteiger partial charge is 0.216 e. The molecule has 0 atom stereocenters. The van der Waals surface area contributed by atoms with E-state index < -0.39 is 0 Å². The molecule has 0 unspecified atom stereocenters. The van der Waals surface area contributed by atoms with Gasteiger partial charge in [0.1, 0.15) is 0 Å². The van der Waals surface area contributed by atoms with E-state index in [-0.39, 0.29) is 0 Å². The molecule has 3 rings (SSSR count). The van der Waals surface area contributed by atoms with Crippen LogP contribution < -0.4 is 9.47 Å². The number of hydrogen-bond donors (Lipinski definition) is 1. The average Bonchev–Trinajstić information content (AvgIpc) is 3.00. The molecular weight excluding hydrogens is 404 g/mol. The predicted octanol–water partition coefficient (Wildman–Crippen LogP) is 4.27. The molecule has 0 saturated carbocycles. The Morgan fingerprint density at radius 3 is 2.68 bits per heavy atom. The zero-order chi connectivity index (χ0) is 17.8. The number of H-pyrrole nitrogens is 1. The third-order valence-corrected chi connectivity index (χ3v) is 4.47. The third-order valence-electron chi connectivity index (χ3n) is 3.51. The maximum atomic E-state index is 5.42. The number of benzene rings is 2. The molecule has 0 aliphatic rings. The summed E-state index contributed by atoms with van der Waals surface area (Å²) in [6.45, 7) is 0. The molecule has 0 fully saturated rings. The molecule has 25 heavy (non-hydrogen) atoms. The molecule has 0 aliphatic heterocycles. The predicted molar refractivity (Wildman–Crippen MR) is 103 cm³/mol. The van der Waals surface area contributed by atoms with E-state index in [1.807, 2.05) is 42.5 Å². The molecule has 6 nitrogen and oxygen atoms in total. The van der Waals surface area contributed by atoms with E-state index in [1.54, 1.807) is 25.1 Å². The number of aromatic amines is 1. The normalized spacial score (nSPS) is 11.0. The number of hydrogen-bond acceptors (Lipinski definition) is 5. The first-order chi connectivity index (χ1) is 12.2. The van der Waals surface area contributed by atoms with Crippen molar-refractivity contribution in [2.45, 2.75) is 0 Å². The third kappa shape index (κ3) is 3.49. The molecule has 2 aromatic carbocycles. The van der Waals surface area contributed by atoms with Crippen LogP contribution in [0.5, 0.6) is 11.5 Å². The van der Waals surface area contributed by atoms with Gasteiger partial charge in [0.2, 0.25) is 4.77 Å². The second-order valence-electron chi connectivity index (χ2n) is 4.97. The van der Waals surface area contributed by atoms with E-state index in [1.165, 1.54) is 0 Å². The van der Waals surface area contributed by atoms with Crippen LogP contribution in [0.2, 0.25) is 0 Å². The zero-order valence-electron chi connectivity index (χ0n) is 13.6. The highest BCUT2D eigenvalue weighted by Gasteiger charge is 2.12. The Hall–Kier alpha value is -2.45. The van der Waals surface area contributed by atoms with E-state index in [0.29, 0.717) is 22.1 Å². The van der Waals surface area contributed by atoms with E-state index in [4.69, 9.17) is 21.7 Å². The van der Waals surface area contributed by atoms with Crippen molar-refractivity contribution in [1.29, 1.82) is 0 Å². The van der Waals surface area contributed by atoms with Gasteiger partial charge in [0.25, 0.3) is 0 Å². The molecule has 0 spiro atoms. The number of methoxy groups -OCH3 is 2. The van der Waals surface area contributed by atoms with Gasteiger partial charge in [-0.15, -0.1) is 0 Å². The number of nitrogens with one attached hydrogen (secondary N) is 1. The molecule has 0 radical (unpaired) electrons. The summed E-state index contributed by atoms with van der Waals surface area (Å²) < 4.78 is 13.6. The van der Waals surface area contributed by atoms with Gasteiger partial charge in [-0.3, -0.25) is 0 Å². The van der Waals surface area contributed by atoms with Crippen LogP contribution in [-0.4, -0.2) is 35.3 Å². The van der Waals surface area contributed by atoms with Crippen LogP contribution in [0.4, 0.5) is 0 Å². The van der Waals surface area contributed by atoms with Gasteiger partial charge in [0.05, 0.1) is 20.4 Å². The van der Waals surface area contributed by atoms with Crippen LogP contribution >= 0.6 is 28.1 Å². The first-order valence-electron chi connectivity index (χ1n) is 7.33. The number of para-hydroxylation sites is 1. The summed E-state index contributed by atoms with van der Waals surface area (Å²) in [4.78, 5) is 0. The second kappa shape index (κ2) is 7.62. The molecule has 128 valence electrons. The van der Waals surface area contributed by atoms with Gasteiger partial charge in [-0.25, -0.2) is 5.10 Å². The molecule has 1 N–H and O–H groups in total. The highest BCUT2D eigenvalue weighted by Crippen LogP contribution is 2.30. The topological polar surface area (TPSA) is 64.4 Å². The lowest BCUT2D eigenvalue weighted by Crippen LogP contribution is -1.98. The molecule has 8 heteroatoms. The molecule has 1 heterocycles. The van der Waals surface area contributed by atoms with Crippen LogP contribution in [0.3, 0.4) is 0 Å². The summed E-state index contributed by atoms with van der Waals surface area (Å²) in [5.74, 6) is 1.84. The number of ether oxygens (including phenoxy) is 2. The van der Waals surface area contributed by atoms with Crippen LogP contribution in [0.1, 0.15) is 5.56 Å². The first-order valence-corrected chi connectivity index (χ1v) is 8.53. The fraction of sp³-hybridized carbons (Fsp3) is 0.118. The Morgan fingerprint density at radius 2 is 1.96 bits per heavy atom. The van der Waals surface area contributed by atoms with E-state index in [2.05, 4.69) is 31.2 Å². The highest BCUT2D eigenvalue weighted by atomic mass is 79.9. The van der Waals surface area contributed by atoms with Crippen molar-refractivity contribution in [2.75, 3.05) is 14.2 Å². The fourth-order valence-electron chi connectivity index (χ4n) is 2.35. The van der Waals surface area contributed by atoms with Crippen molar-refractivity contribution in [3.05, 3.63) is 57.3 Å². The minimum absolute atomic E-state index is 0.392. The average molecular weight is 419 g/mol. The second-order valence-corrected chi connectivity index (χ2v) is 6.21. The van der Waals surface area contributed by atoms with Gasteiger partial charge in [0.15, 0.2) is 17.3 Å². The first kappa shape index (κ1) is 17.4. The van der Waals surface area contributed by atoms with Crippen molar-refractivity contribution in [2.24, 2.45) is 5.10 Å². The van der Waals surface area contributed by atoms with Gasteiger partial charge >= 0.3 is 0 Å². The summed E-state index contributed by atoms with van der Waals surface area (Å²) in [7, 11) is 3.18. The summed E-state index contributed by atoms with van der Waals surface area (Å²) >= 11 is 8.83. The number of rotatable bonds is 5. The largest absolute Gasteiger partial charge is 0.493 e. The van der Waals surface area contributed by atoms with Gasteiger partial charge in [0, 0.05) is 15.6 Å². The zero-order valence-corrected chi connectivity index (χ0v) is 16.0. The summed E-state index contributed by atoms with van der Waals surface area (Å²) in [5.41, 5.74) is 1.65. The molecular formula is C17H15BrN4O2S. The van der Waals surface area contributed by atoms with Crippen LogP contribution in [0.25, 0.3) is 11.4 Å². The van der Waals surface area contributed by atoms with Gasteiger partial charge in [-0.2, -0.15) is 14.9 Å². The Balaban J connectivity index is 2.06. The van der Waals surface area contributed by atoms with E-state index in [0.717, 1.165) is 15.6 Å². The monoisotopic (exact) mass is 418 g/mol. The maximum absolute atomic E-state index is 5.42. The highest BCUT2D eigenvalue weighted by molar-refractivity contribution is 9.10. The number of aromatic nitrogens is 3. The lowest BCUT2D eigenvalue weighted by Gasteiger charge is -2.09. The summed E-state index contributed by atoms with van der Waals surface area (Å²) in [6, 6.07) is 13.3. The Labute approximate surface area is 158 Å². The van der Waals surface area contributed by atoms with Crippen LogP contribution in [-0.2, 0) is 0 Å². The summed E-state index contributed by atoms with van der Waals surface area (Å²) in [5, 5.41) is 11.5. The fourth-order valence-corrected chi connectivity index (χ4v) is 2.99. The number of nitrogens with zero attached hydrogens (tertiary/aromatic N) is 3. The van der Waals surface area contributed by atoms with Crippen molar-refractivity contribution < 1.29 is 9.47 Å². The molecule has 0 amide bonds. The van der Waals surface area contributed by atoms with Crippen molar-refractivity contribution in [1.82, 2.24) is 14.9 Å². The quantitative estimate of drug-likeness (QED) is 0.496. The lowest BCUT2D eigenvalue weighted by molar-refractivity contribution is 0.354. The van der Waals surface area contributed by atoms with Crippen molar-refractivity contribution in [3.8, 4) is 22.9 Å². The maximum Gasteiger partial charge on any atom is 0.216 e. The van der Waals surface area contributed by atoms with Gasteiger partial charge < -0.3 is 9.47 Å². The Morgan fingerprint density at radius 1 is 1.16 bits per heavy atom. The van der Waals surface area contributed by atoms with Crippen LogP contribution in [0.15, 0.2) is 52.0 Å². The van der Waals surface area contributed by atoms with Crippen molar-refractivity contribution >= 4 is 34.4 Å². The molecule has 0 saturated heterocycles. The van der Waals surface area contributed by atoms with Gasteiger partial charge in [-0.1, -0.05) is 34.1 Å². The molecule has 0 aliphatic carbocycles. The Bertz CT molecular complexity index is 981. The lowest BCUT2D eigenvalue weighted by atomic mass is 10.2. The standard InChI is InChI=1S/C17H15BrN4O2S/c1-23-14-9-5-6-11(15(14)24-2)10-19-22-16(20-21-17(22)25)12-7-3-4-8-13(12)18/h3-10H,1-2H3,(H,21,25)/b19-10+. The minimum atomic E-state index is 0.392. The molecule has 1 aromatic heterocycles. The Kier molecular flexibility index (Phi) is 5.30. The van der Waals surface area contributed by atoms with E-state index in [9.17, 15) is 0 Å². The van der Waals surface area contributed by atoms with E-state index >= 15 is 0 Å². The van der Waals surface area contributed by atoms with Gasteiger partial charge in [-0.05, 0) is 36.5 Å². The minimum Gasteiger partial charge on any atom is -0.493 e. The van der Waals surface area contributed by atoms with Crippen LogP contribution in [0, 0.1) is 4.77 Å².